The average Bonchev–Trinajstić information content (AvgIpc) is 2.96. The lowest BCUT2D eigenvalue weighted by molar-refractivity contribution is 0.448. The highest BCUT2D eigenvalue weighted by Crippen LogP contribution is 2.32. The van der Waals surface area contributed by atoms with E-state index in [1.807, 2.05) is 0 Å². The van der Waals surface area contributed by atoms with Gasteiger partial charge in [-0.25, -0.2) is 35.1 Å². The Morgan fingerprint density at radius 3 is 1.83 bits per heavy atom. The van der Waals surface area contributed by atoms with Gasteiger partial charge in [0.1, 0.15) is 23.3 Å². The SMILES string of the molecule is C=CCCCC/C(F)=C(\F)c1ccc(CCc2cc(F)c(-c3ccc(-c4cc(F)c(F)c(F)c4)cc3)c(F)c2)c(F)c1. The van der Waals surface area contributed by atoms with E-state index in [0.717, 1.165) is 30.3 Å². The zero-order chi connectivity index (χ0) is 30.4. The molecule has 0 saturated heterocycles. The van der Waals surface area contributed by atoms with E-state index in [2.05, 4.69) is 6.58 Å². The molecule has 0 N–H and O–H groups in total. The average molecular weight is 587 g/mol. The van der Waals surface area contributed by atoms with Crippen molar-refractivity contribution < 1.29 is 35.1 Å². The first kappa shape index (κ1) is 30.8. The van der Waals surface area contributed by atoms with Gasteiger partial charge in [-0.3, -0.25) is 0 Å². The van der Waals surface area contributed by atoms with Crippen LogP contribution in [-0.2, 0) is 12.8 Å². The maximum absolute atomic E-state index is 15.0. The van der Waals surface area contributed by atoms with Gasteiger partial charge in [0, 0.05) is 12.0 Å². The Balaban J connectivity index is 1.45. The second kappa shape index (κ2) is 13.6. The molecule has 0 aliphatic rings. The first-order valence-electron chi connectivity index (χ1n) is 13.3. The van der Waals surface area contributed by atoms with E-state index in [-0.39, 0.29) is 52.6 Å². The molecule has 0 aliphatic carbocycles. The second-order valence-electron chi connectivity index (χ2n) is 9.83. The van der Waals surface area contributed by atoms with E-state index in [0.29, 0.717) is 24.8 Å². The number of benzene rings is 4. The van der Waals surface area contributed by atoms with Crippen LogP contribution in [0.5, 0.6) is 0 Å². The lowest BCUT2D eigenvalue weighted by Crippen LogP contribution is -1.99. The second-order valence-corrected chi connectivity index (χ2v) is 9.83. The molecule has 8 heteroatoms. The van der Waals surface area contributed by atoms with Gasteiger partial charge in [-0.1, -0.05) is 42.5 Å². The van der Waals surface area contributed by atoms with E-state index in [1.54, 1.807) is 6.08 Å². The summed E-state index contributed by atoms with van der Waals surface area (Å²) in [5, 5.41) is 0. The van der Waals surface area contributed by atoms with Crippen molar-refractivity contribution in [3.63, 3.8) is 0 Å². The number of hydrogen-bond acceptors (Lipinski definition) is 0. The Hall–Kier alpha value is -4.20. The van der Waals surface area contributed by atoms with Crippen molar-refractivity contribution in [1.29, 1.82) is 0 Å². The van der Waals surface area contributed by atoms with Crippen LogP contribution in [0.15, 0.2) is 85.2 Å². The van der Waals surface area contributed by atoms with Crippen LogP contribution in [-0.4, -0.2) is 0 Å². The Labute approximate surface area is 238 Å². The number of unbranched alkanes of at least 4 members (excludes halogenated alkanes) is 2. The molecule has 0 saturated carbocycles. The summed E-state index contributed by atoms with van der Waals surface area (Å²) in [7, 11) is 0. The molecule has 0 bridgehead atoms. The molecule has 0 amide bonds. The van der Waals surface area contributed by atoms with Crippen LogP contribution in [0.4, 0.5) is 35.1 Å². The third kappa shape index (κ3) is 7.16. The third-order valence-electron chi connectivity index (χ3n) is 6.87. The quantitative estimate of drug-likeness (QED) is 0.0710. The van der Waals surface area contributed by atoms with Gasteiger partial charge in [0.15, 0.2) is 23.3 Å². The summed E-state index contributed by atoms with van der Waals surface area (Å²) in [6, 6.07) is 12.9. The Kier molecular flexibility index (Phi) is 9.99. The van der Waals surface area contributed by atoms with Crippen molar-refractivity contribution in [2.75, 3.05) is 0 Å². The smallest absolute Gasteiger partial charge is 0.194 e. The third-order valence-corrected chi connectivity index (χ3v) is 6.87. The number of allylic oxidation sites excluding steroid dienone is 2. The minimum atomic E-state index is -1.60. The zero-order valence-electron chi connectivity index (χ0n) is 22.4. The molecule has 0 atom stereocenters. The minimum absolute atomic E-state index is 0.0534. The first-order valence-corrected chi connectivity index (χ1v) is 13.3. The monoisotopic (exact) mass is 586 g/mol. The summed E-state index contributed by atoms with van der Waals surface area (Å²) in [6.45, 7) is 3.57. The van der Waals surface area contributed by atoms with Crippen molar-refractivity contribution in [2.24, 2.45) is 0 Å². The van der Waals surface area contributed by atoms with Crippen molar-refractivity contribution >= 4 is 5.83 Å². The van der Waals surface area contributed by atoms with Crippen LogP contribution in [0.2, 0.25) is 0 Å². The number of halogens is 8. The molecular formula is C34H26F8. The highest BCUT2D eigenvalue weighted by molar-refractivity contribution is 5.71. The van der Waals surface area contributed by atoms with E-state index in [1.165, 1.54) is 36.4 Å². The Bertz CT molecular complexity index is 1570. The van der Waals surface area contributed by atoms with Crippen molar-refractivity contribution in [2.45, 2.75) is 38.5 Å². The van der Waals surface area contributed by atoms with E-state index >= 15 is 0 Å². The van der Waals surface area contributed by atoms with Gasteiger partial charge in [-0.15, -0.1) is 6.58 Å². The van der Waals surface area contributed by atoms with Crippen molar-refractivity contribution in [3.05, 3.63) is 137 Å². The molecule has 0 radical (unpaired) electrons. The first-order chi connectivity index (χ1) is 20.1. The maximum atomic E-state index is 15.0. The summed E-state index contributed by atoms with van der Waals surface area (Å²) < 4.78 is 114. The van der Waals surface area contributed by atoms with Crippen LogP contribution in [0, 0.1) is 34.9 Å². The lowest BCUT2D eigenvalue weighted by Gasteiger charge is -2.11. The topological polar surface area (TPSA) is 0 Å². The summed E-state index contributed by atoms with van der Waals surface area (Å²) in [4.78, 5) is 0. The lowest BCUT2D eigenvalue weighted by atomic mass is 9.96. The standard InChI is InChI=1S/C34H26F8/c1-2-3-4-5-6-26(35)33(41)24-14-11-22(27(36)17-24)8-7-20-15-28(37)32(29(38)16-20)23-12-9-21(10-13-23)25-18-30(39)34(42)31(40)19-25/h2,9-19H,1,3-8H2/b33-26+. The largest absolute Gasteiger partial charge is 0.209 e. The molecular weight excluding hydrogens is 560 g/mol. The van der Waals surface area contributed by atoms with Crippen LogP contribution in [0.3, 0.4) is 0 Å². The van der Waals surface area contributed by atoms with Gasteiger partial charge in [0.25, 0.3) is 0 Å². The fourth-order valence-electron chi connectivity index (χ4n) is 4.60. The van der Waals surface area contributed by atoms with Crippen LogP contribution in [0.1, 0.15) is 42.4 Å². The number of rotatable bonds is 11. The molecule has 0 fully saturated rings. The molecule has 4 aromatic carbocycles. The number of aryl methyl sites for hydroxylation is 2. The van der Waals surface area contributed by atoms with Gasteiger partial charge in [0.2, 0.25) is 0 Å². The normalized spacial score (nSPS) is 11.9. The van der Waals surface area contributed by atoms with Crippen molar-refractivity contribution in [1.82, 2.24) is 0 Å². The van der Waals surface area contributed by atoms with Gasteiger partial charge in [-0.2, -0.15) is 0 Å². The molecule has 0 aliphatic heterocycles. The van der Waals surface area contributed by atoms with E-state index in [4.69, 9.17) is 0 Å². The predicted molar refractivity (Wildman–Crippen MR) is 149 cm³/mol. The summed E-state index contributed by atoms with van der Waals surface area (Å²) in [6.07, 6.45) is 3.49. The molecule has 218 valence electrons. The van der Waals surface area contributed by atoms with Crippen LogP contribution < -0.4 is 0 Å². The summed E-state index contributed by atoms with van der Waals surface area (Å²) in [5.74, 6) is -8.90. The number of hydrogen-bond donors (Lipinski definition) is 0. The van der Waals surface area contributed by atoms with Gasteiger partial charge < -0.3 is 0 Å². The van der Waals surface area contributed by atoms with E-state index < -0.39 is 46.6 Å². The summed E-state index contributed by atoms with van der Waals surface area (Å²) in [5.41, 5.74) is 0.398. The van der Waals surface area contributed by atoms with Crippen LogP contribution >= 0.6 is 0 Å². The minimum Gasteiger partial charge on any atom is -0.209 e. The Morgan fingerprint density at radius 1 is 0.619 bits per heavy atom. The highest BCUT2D eigenvalue weighted by atomic mass is 19.2. The molecule has 4 aromatic rings. The van der Waals surface area contributed by atoms with E-state index in [9.17, 15) is 35.1 Å². The maximum Gasteiger partial charge on any atom is 0.194 e. The summed E-state index contributed by atoms with van der Waals surface area (Å²) >= 11 is 0. The van der Waals surface area contributed by atoms with Crippen LogP contribution in [0.25, 0.3) is 28.1 Å². The molecule has 0 nitrogen and oxygen atoms in total. The fraction of sp³-hybridized carbons (Fsp3) is 0.176. The molecule has 0 spiro atoms. The predicted octanol–water partition coefficient (Wildman–Crippen LogP) is 11.0. The molecule has 0 unspecified atom stereocenters. The Morgan fingerprint density at radius 2 is 1.24 bits per heavy atom. The fourth-order valence-corrected chi connectivity index (χ4v) is 4.60. The van der Waals surface area contributed by atoms with Gasteiger partial charge >= 0.3 is 0 Å². The molecule has 0 heterocycles. The zero-order valence-corrected chi connectivity index (χ0v) is 22.4. The molecule has 0 aromatic heterocycles. The van der Waals surface area contributed by atoms with Gasteiger partial charge in [-0.05, 0) is 90.3 Å². The van der Waals surface area contributed by atoms with Gasteiger partial charge in [0.05, 0.1) is 5.56 Å². The van der Waals surface area contributed by atoms with Crippen molar-refractivity contribution in [3.8, 4) is 22.3 Å². The highest BCUT2D eigenvalue weighted by Gasteiger charge is 2.17. The molecule has 4 rings (SSSR count). The molecule has 42 heavy (non-hydrogen) atoms.